The average molecular weight is 779 g/mol. The molecule has 0 saturated carbocycles. The fourth-order valence-electron chi connectivity index (χ4n) is 6.05. The molecule has 0 bridgehead atoms. The molecule has 5 N–H and O–H groups in total. The second kappa shape index (κ2) is 21.6. The predicted molar refractivity (Wildman–Crippen MR) is 202 cm³/mol. The van der Waals surface area contributed by atoms with E-state index in [1.807, 2.05) is 32.9 Å². The van der Waals surface area contributed by atoms with Gasteiger partial charge in [-0.25, -0.2) is 9.59 Å². The number of carboxylic acid groups (broad SMARTS) is 2. The van der Waals surface area contributed by atoms with Crippen LogP contribution in [-0.4, -0.2) is 82.7 Å². The molecule has 0 saturated heterocycles. The van der Waals surface area contributed by atoms with Gasteiger partial charge in [-0.3, -0.25) is 24.0 Å². The van der Waals surface area contributed by atoms with Crippen molar-refractivity contribution in [3.8, 4) is 17.1 Å². The monoisotopic (exact) mass is 778 g/mol. The number of nitrogens with one attached hydrogen (secondary N) is 3. The molecule has 302 valence electrons. The molecule has 2 aromatic carbocycles. The lowest BCUT2D eigenvalue weighted by atomic mass is 9.90. The first-order valence-corrected chi connectivity index (χ1v) is 18.5. The van der Waals surface area contributed by atoms with Crippen molar-refractivity contribution in [1.29, 1.82) is 0 Å². The highest BCUT2D eigenvalue weighted by Crippen LogP contribution is 2.30. The summed E-state index contributed by atoms with van der Waals surface area (Å²) >= 11 is 0. The van der Waals surface area contributed by atoms with Gasteiger partial charge in [0, 0.05) is 5.56 Å². The fourth-order valence-corrected chi connectivity index (χ4v) is 6.05. The predicted octanol–water partition coefficient (Wildman–Crippen LogP) is 5.14. The van der Waals surface area contributed by atoms with E-state index in [0.29, 0.717) is 36.8 Å². The number of ether oxygens (including phenoxy) is 1. The number of nitrogens with zero attached hydrogens (tertiary/aromatic N) is 1. The Hall–Kier alpha value is -6.19. The third-order valence-corrected chi connectivity index (χ3v) is 8.89. The van der Waals surface area contributed by atoms with Crippen molar-refractivity contribution < 1.29 is 57.8 Å². The van der Waals surface area contributed by atoms with Gasteiger partial charge < -0.3 is 40.2 Å². The minimum atomic E-state index is -1.67. The molecule has 16 heteroatoms. The highest BCUT2D eigenvalue weighted by molar-refractivity contribution is 6.00. The average Bonchev–Trinajstić information content (AvgIpc) is 3.67. The van der Waals surface area contributed by atoms with E-state index in [0.717, 1.165) is 23.5 Å². The van der Waals surface area contributed by atoms with Crippen molar-refractivity contribution in [2.75, 3.05) is 13.3 Å². The van der Waals surface area contributed by atoms with E-state index in [1.54, 1.807) is 26.0 Å². The Labute approximate surface area is 324 Å². The summed E-state index contributed by atoms with van der Waals surface area (Å²) in [6.45, 7) is 9.21. The molecule has 0 spiro atoms. The molecule has 56 heavy (non-hydrogen) atoms. The standard InChI is InChI=1S/C40H50N4O12/c1-6-9-10-15-28(31(7-2)44(23-45)56-40(53)27-14-12-11-13-26(27)24(4)5)36(48)41-22-42-38(50)33-19-18-32(55-33)25-16-17-29(34(20-25)54-8-3)37(49)43-30(39(51)52)21-35(46)47/h11-14,16-20,23-24,28,30-31H,6-10,15,21-22H2,1-5H3,(H,41,48)(H,42,50)(H,43,49)(H,46,47)(H,51,52)/t28?,30?,31-/m1/s1. The molecule has 1 aromatic heterocycles. The number of carbonyl (C=O) groups excluding carboxylic acids is 5. The SMILES string of the molecule is CCCCCC(C(=O)NCNC(=O)c1ccc(-c2ccc(C(=O)NC(CC(=O)O)C(=O)O)c(OCC)c2)o1)[C@@H](CC)N(C=O)OC(=O)c1ccccc1C(C)C. The van der Waals surface area contributed by atoms with E-state index < -0.39 is 60.1 Å². The van der Waals surface area contributed by atoms with Crippen LogP contribution < -0.4 is 20.7 Å². The third-order valence-electron chi connectivity index (χ3n) is 8.89. The minimum absolute atomic E-state index is 0.0245. The zero-order chi connectivity index (χ0) is 41.4. The van der Waals surface area contributed by atoms with E-state index in [4.69, 9.17) is 19.1 Å². The van der Waals surface area contributed by atoms with Crippen LogP contribution in [-0.2, 0) is 24.0 Å². The maximum absolute atomic E-state index is 13.6. The first-order valence-electron chi connectivity index (χ1n) is 18.5. The number of furan rings is 1. The first-order chi connectivity index (χ1) is 26.8. The van der Waals surface area contributed by atoms with Crippen LogP contribution in [0.3, 0.4) is 0 Å². The maximum Gasteiger partial charge on any atom is 0.363 e. The van der Waals surface area contributed by atoms with Gasteiger partial charge in [0.1, 0.15) is 17.6 Å². The second-order valence-electron chi connectivity index (χ2n) is 13.2. The summed E-state index contributed by atoms with van der Waals surface area (Å²) in [6, 6.07) is 11.7. The van der Waals surface area contributed by atoms with Crippen molar-refractivity contribution in [2.45, 2.75) is 91.1 Å². The maximum atomic E-state index is 13.6. The molecule has 3 atom stereocenters. The molecule has 0 aliphatic heterocycles. The molecule has 0 aliphatic carbocycles. The normalized spacial score (nSPS) is 12.5. The molecule has 0 fully saturated rings. The number of hydrogen-bond donors (Lipinski definition) is 5. The van der Waals surface area contributed by atoms with E-state index >= 15 is 0 Å². The van der Waals surface area contributed by atoms with Crippen LogP contribution >= 0.6 is 0 Å². The molecule has 3 aromatic rings. The summed E-state index contributed by atoms with van der Waals surface area (Å²) in [6.07, 6.45) is 2.66. The fraction of sp³-hybridized carbons (Fsp3) is 0.425. The summed E-state index contributed by atoms with van der Waals surface area (Å²) in [5.41, 5.74) is 1.44. The van der Waals surface area contributed by atoms with Crippen LogP contribution in [0.2, 0.25) is 0 Å². The van der Waals surface area contributed by atoms with Crippen LogP contribution in [0.15, 0.2) is 59.0 Å². The first kappa shape index (κ1) is 44.2. The topological polar surface area (TPSA) is 231 Å². The molecule has 3 rings (SSSR count). The van der Waals surface area contributed by atoms with Crippen LogP contribution in [0.1, 0.15) is 116 Å². The van der Waals surface area contributed by atoms with Gasteiger partial charge in [0.15, 0.2) is 5.76 Å². The van der Waals surface area contributed by atoms with Crippen molar-refractivity contribution in [3.05, 3.63) is 77.0 Å². The van der Waals surface area contributed by atoms with E-state index in [9.17, 15) is 38.7 Å². The van der Waals surface area contributed by atoms with Crippen molar-refractivity contribution in [3.63, 3.8) is 0 Å². The number of carbonyl (C=O) groups is 7. The quantitative estimate of drug-likeness (QED) is 0.0365. The third kappa shape index (κ3) is 12.2. The van der Waals surface area contributed by atoms with E-state index in [2.05, 4.69) is 16.0 Å². The molecule has 16 nitrogen and oxygen atoms in total. The Morgan fingerprint density at radius 2 is 1.62 bits per heavy atom. The minimum Gasteiger partial charge on any atom is -0.493 e. The van der Waals surface area contributed by atoms with E-state index in [1.165, 1.54) is 30.3 Å². The lowest BCUT2D eigenvalue weighted by molar-refractivity contribution is -0.171. The van der Waals surface area contributed by atoms with Gasteiger partial charge in [-0.15, -0.1) is 0 Å². The van der Waals surface area contributed by atoms with Gasteiger partial charge in [0.05, 0.1) is 42.8 Å². The summed E-state index contributed by atoms with van der Waals surface area (Å²) < 4.78 is 11.3. The molecular formula is C40H50N4O12. The van der Waals surface area contributed by atoms with Crippen molar-refractivity contribution in [2.24, 2.45) is 5.92 Å². The number of carboxylic acids is 2. The van der Waals surface area contributed by atoms with Crippen LogP contribution in [0.25, 0.3) is 11.3 Å². The summed E-state index contributed by atoms with van der Waals surface area (Å²) in [4.78, 5) is 93.1. The zero-order valence-corrected chi connectivity index (χ0v) is 32.2. The van der Waals surface area contributed by atoms with Gasteiger partial charge in [-0.05, 0) is 61.6 Å². The number of amides is 4. The largest absolute Gasteiger partial charge is 0.493 e. The number of aliphatic carboxylic acids is 2. The van der Waals surface area contributed by atoms with Crippen LogP contribution in [0, 0.1) is 5.92 Å². The number of rotatable bonds is 23. The zero-order valence-electron chi connectivity index (χ0n) is 32.2. The van der Waals surface area contributed by atoms with Gasteiger partial charge in [0.2, 0.25) is 12.3 Å². The number of hydrogen-bond acceptors (Lipinski definition) is 10. The molecule has 0 aliphatic rings. The number of benzene rings is 2. The molecule has 2 unspecified atom stereocenters. The second-order valence-corrected chi connectivity index (χ2v) is 13.2. The Balaban J connectivity index is 1.71. The summed E-state index contributed by atoms with van der Waals surface area (Å²) in [5.74, 6) is -6.16. The Morgan fingerprint density at radius 1 is 0.893 bits per heavy atom. The summed E-state index contributed by atoms with van der Waals surface area (Å²) in [7, 11) is 0. The van der Waals surface area contributed by atoms with Gasteiger partial charge in [-0.1, -0.05) is 71.2 Å². The molecule has 1 heterocycles. The Kier molecular flexibility index (Phi) is 17.1. The van der Waals surface area contributed by atoms with Gasteiger partial charge in [0.25, 0.3) is 11.8 Å². The van der Waals surface area contributed by atoms with Crippen molar-refractivity contribution in [1.82, 2.24) is 21.0 Å². The lowest BCUT2D eigenvalue weighted by Gasteiger charge is -2.32. The van der Waals surface area contributed by atoms with Crippen LogP contribution in [0.4, 0.5) is 0 Å². The Bertz CT molecular complexity index is 1860. The summed E-state index contributed by atoms with van der Waals surface area (Å²) in [5, 5.41) is 26.7. The molecular weight excluding hydrogens is 728 g/mol. The number of hydroxylamine groups is 2. The molecule has 0 radical (unpaired) electrons. The highest BCUT2D eigenvalue weighted by Gasteiger charge is 2.34. The lowest BCUT2D eigenvalue weighted by Crippen LogP contribution is -2.49. The smallest absolute Gasteiger partial charge is 0.363 e. The van der Waals surface area contributed by atoms with E-state index in [-0.39, 0.29) is 42.0 Å². The molecule has 4 amide bonds. The Morgan fingerprint density at radius 3 is 2.25 bits per heavy atom. The number of unbranched alkanes of at least 4 members (excludes halogenated alkanes) is 2. The highest BCUT2D eigenvalue weighted by atomic mass is 16.7. The van der Waals surface area contributed by atoms with Gasteiger partial charge >= 0.3 is 17.9 Å². The van der Waals surface area contributed by atoms with Crippen molar-refractivity contribution >= 4 is 42.0 Å². The van der Waals surface area contributed by atoms with Gasteiger partial charge in [-0.2, -0.15) is 5.06 Å². The van der Waals surface area contributed by atoms with Crippen LogP contribution in [0.5, 0.6) is 5.75 Å².